The summed E-state index contributed by atoms with van der Waals surface area (Å²) < 4.78 is 13.5. The molecule has 0 saturated heterocycles. The number of hydrogen-bond acceptors (Lipinski definition) is 4. The number of nitrogens with one attached hydrogen (secondary N) is 1. The van der Waals surface area contributed by atoms with Gasteiger partial charge >= 0.3 is 0 Å². The summed E-state index contributed by atoms with van der Waals surface area (Å²) in [6.45, 7) is 0.362. The number of aromatic nitrogens is 3. The molecule has 104 valence electrons. The van der Waals surface area contributed by atoms with Crippen molar-refractivity contribution in [1.29, 1.82) is 0 Å². The summed E-state index contributed by atoms with van der Waals surface area (Å²) in [6.07, 6.45) is 6.23. The van der Waals surface area contributed by atoms with Gasteiger partial charge < -0.3 is 5.32 Å². The fourth-order valence-corrected chi connectivity index (χ4v) is 1.95. The van der Waals surface area contributed by atoms with Crippen LogP contribution in [0, 0.1) is 5.82 Å². The molecule has 21 heavy (non-hydrogen) atoms. The van der Waals surface area contributed by atoms with E-state index in [0.29, 0.717) is 17.9 Å². The molecule has 0 atom stereocenters. The van der Waals surface area contributed by atoms with Crippen molar-refractivity contribution in [2.45, 2.75) is 6.54 Å². The fraction of sp³-hybridized carbons (Fsp3) is 0.0625. The Kier molecular flexibility index (Phi) is 3.82. The van der Waals surface area contributed by atoms with Crippen LogP contribution in [-0.4, -0.2) is 15.0 Å². The highest BCUT2D eigenvalue weighted by atomic mass is 19.1. The van der Waals surface area contributed by atoms with Gasteiger partial charge in [0.25, 0.3) is 0 Å². The minimum atomic E-state index is -0.324. The minimum absolute atomic E-state index is 0.324. The predicted octanol–water partition coefficient (Wildman–Crippen LogP) is 3.29. The van der Waals surface area contributed by atoms with E-state index < -0.39 is 0 Å². The van der Waals surface area contributed by atoms with Gasteiger partial charge in [-0.3, -0.25) is 9.97 Å². The van der Waals surface area contributed by atoms with Crippen molar-refractivity contribution >= 4 is 5.82 Å². The van der Waals surface area contributed by atoms with Crippen LogP contribution < -0.4 is 5.32 Å². The normalized spacial score (nSPS) is 10.3. The quantitative estimate of drug-likeness (QED) is 0.796. The van der Waals surface area contributed by atoms with Gasteiger partial charge in [-0.2, -0.15) is 0 Å². The van der Waals surface area contributed by atoms with Crippen molar-refractivity contribution < 1.29 is 4.39 Å². The molecule has 4 nitrogen and oxygen atoms in total. The van der Waals surface area contributed by atoms with Crippen molar-refractivity contribution in [2.24, 2.45) is 0 Å². The summed E-state index contributed by atoms with van der Waals surface area (Å²) in [5.74, 6) is 0.371. The van der Waals surface area contributed by atoms with E-state index >= 15 is 0 Å². The molecule has 0 spiro atoms. The number of hydrogen-bond donors (Lipinski definition) is 1. The first-order chi connectivity index (χ1) is 10.3. The summed E-state index contributed by atoms with van der Waals surface area (Å²) in [4.78, 5) is 12.2. The van der Waals surface area contributed by atoms with E-state index in [4.69, 9.17) is 0 Å². The van der Waals surface area contributed by atoms with Crippen molar-refractivity contribution in [3.63, 3.8) is 0 Å². The topological polar surface area (TPSA) is 50.7 Å². The molecule has 0 amide bonds. The first kappa shape index (κ1) is 13.2. The maximum Gasteiger partial charge on any atom is 0.146 e. The molecule has 3 aromatic heterocycles. The molecular formula is C16H13FN4. The lowest BCUT2D eigenvalue weighted by Gasteiger charge is -2.08. The van der Waals surface area contributed by atoms with Gasteiger partial charge in [-0.15, -0.1) is 0 Å². The lowest BCUT2D eigenvalue weighted by atomic mass is 10.2. The highest BCUT2D eigenvalue weighted by molar-refractivity contribution is 5.60. The molecule has 1 N–H and O–H groups in total. The van der Waals surface area contributed by atoms with Gasteiger partial charge in [-0.1, -0.05) is 6.07 Å². The Morgan fingerprint density at radius 1 is 0.952 bits per heavy atom. The van der Waals surface area contributed by atoms with E-state index in [1.54, 1.807) is 24.7 Å². The molecule has 0 saturated carbocycles. The molecule has 5 heteroatoms. The highest BCUT2D eigenvalue weighted by Crippen LogP contribution is 2.18. The number of pyridine rings is 3. The number of rotatable bonds is 4. The van der Waals surface area contributed by atoms with E-state index in [1.807, 2.05) is 30.3 Å². The molecule has 3 rings (SSSR count). The van der Waals surface area contributed by atoms with Crippen molar-refractivity contribution in [3.8, 4) is 11.3 Å². The van der Waals surface area contributed by atoms with Crippen molar-refractivity contribution in [3.05, 3.63) is 72.6 Å². The van der Waals surface area contributed by atoms with Crippen LogP contribution in [0.3, 0.4) is 0 Å². The van der Waals surface area contributed by atoms with E-state index in [0.717, 1.165) is 11.3 Å². The lowest BCUT2D eigenvalue weighted by molar-refractivity contribution is 0.606. The second-order valence-corrected chi connectivity index (χ2v) is 4.46. The molecular weight excluding hydrogens is 267 g/mol. The van der Waals surface area contributed by atoms with Gasteiger partial charge in [0.1, 0.15) is 11.6 Å². The second-order valence-electron chi connectivity index (χ2n) is 4.46. The molecule has 3 heterocycles. The van der Waals surface area contributed by atoms with Crippen LogP contribution in [0.5, 0.6) is 0 Å². The number of anilines is 1. The van der Waals surface area contributed by atoms with Gasteiger partial charge in [-0.25, -0.2) is 9.37 Å². The maximum atomic E-state index is 13.5. The van der Waals surface area contributed by atoms with Crippen molar-refractivity contribution in [1.82, 2.24) is 15.0 Å². The van der Waals surface area contributed by atoms with Crippen LogP contribution in [0.2, 0.25) is 0 Å². The van der Waals surface area contributed by atoms with E-state index in [1.165, 1.54) is 6.20 Å². The zero-order valence-corrected chi connectivity index (χ0v) is 11.2. The molecule has 3 aromatic rings. The maximum absolute atomic E-state index is 13.5. The standard InChI is InChI=1S/C16H13FN4/c17-14-11-19-9-6-13(14)10-20-16-3-1-2-15(21-16)12-4-7-18-8-5-12/h1-9,11H,10H2,(H,20,21). The number of halogens is 1. The van der Waals surface area contributed by atoms with Gasteiger partial charge in [0.2, 0.25) is 0 Å². The third-order valence-electron chi connectivity index (χ3n) is 3.04. The van der Waals surface area contributed by atoms with E-state index in [2.05, 4.69) is 20.3 Å². The van der Waals surface area contributed by atoms with Crippen LogP contribution in [0.4, 0.5) is 10.2 Å². The molecule has 0 bridgehead atoms. The van der Waals surface area contributed by atoms with Gasteiger partial charge in [-0.05, 0) is 30.3 Å². The first-order valence-electron chi connectivity index (χ1n) is 6.52. The zero-order valence-electron chi connectivity index (χ0n) is 11.2. The number of nitrogens with zero attached hydrogens (tertiary/aromatic N) is 3. The highest BCUT2D eigenvalue weighted by Gasteiger charge is 2.03. The van der Waals surface area contributed by atoms with Crippen LogP contribution in [-0.2, 0) is 6.54 Å². The van der Waals surface area contributed by atoms with Crippen molar-refractivity contribution in [2.75, 3.05) is 5.32 Å². The van der Waals surface area contributed by atoms with Gasteiger partial charge in [0.15, 0.2) is 0 Å². The van der Waals surface area contributed by atoms with Crippen LogP contribution in [0.25, 0.3) is 11.3 Å². The Morgan fingerprint density at radius 3 is 2.57 bits per heavy atom. The smallest absolute Gasteiger partial charge is 0.146 e. The summed E-state index contributed by atoms with van der Waals surface area (Å²) in [6, 6.07) is 11.1. The van der Waals surface area contributed by atoms with E-state index in [9.17, 15) is 4.39 Å². The molecule has 0 aliphatic heterocycles. The summed E-state index contributed by atoms with van der Waals surface area (Å²) in [7, 11) is 0. The second kappa shape index (κ2) is 6.09. The summed E-state index contributed by atoms with van der Waals surface area (Å²) in [5, 5.41) is 3.12. The molecule has 0 aromatic carbocycles. The molecule has 0 aliphatic carbocycles. The SMILES string of the molecule is Fc1cnccc1CNc1cccc(-c2ccncc2)n1. The monoisotopic (exact) mass is 280 g/mol. The fourth-order valence-electron chi connectivity index (χ4n) is 1.95. The van der Waals surface area contributed by atoms with Crippen LogP contribution in [0.1, 0.15) is 5.56 Å². The third-order valence-corrected chi connectivity index (χ3v) is 3.04. The van der Waals surface area contributed by atoms with Gasteiger partial charge in [0.05, 0.1) is 11.9 Å². The average Bonchev–Trinajstić information content (AvgIpc) is 2.55. The van der Waals surface area contributed by atoms with Gasteiger partial charge in [0, 0.05) is 36.3 Å². The first-order valence-corrected chi connectivity index (χ1v) is 6.52. The predicted molar refractivity (Wildman–Crippen MR) is 79.0 cm³/mol. The summed E-state index contributed by atoms with van der Waals surface area (Å²) in [5.41, 5.74) is 2.39. The average molecular weight is 280 g/mol. The molecule has 0 fully saturated rings. The van der Waals surface area contributed by atoms with Crippen LogP contribution >= 0.6 is 0 Å². The third kappa shape index (κ3) is 3.20. The lowest BCUT2D eigenvalue weighted by Crippen LogP contribution is -2.03. The largest absolute Gasteiger partial charge is 0.366 e. The molecule has 0 radical (unpaired) electrons. The Balaban J connectivity index is 1.77. The van der Waals surface area contributed by atoms with E-state index in [-0.39, 0.29) is 5.82 Å². The Labute approximate surface area is 121 Å². The minimum Gasteiger partial charge on any atom is -0.366 e. The summed E-state index contributed by atoms with van der Waals surface area (Å²) >= 11 is 0. The Morgan fingerprint density at radius 2 is 1.76 bits per heavy atom. The molecule has 0 unspecified atom stereocenters. The Bertz CT molecular complexity index is 731. The van der Waals surface area contributed by atoms with Crippen LogP contribution in [0.15, 0.2) is 61.2 Å². The Hall–Kier alpha value is -2.82. The molecule has 0 aliphatic rings. The zero-order chi connectivity index (χ0) is 14.5.